The largest absolute Gasteiger partial charge is 0.493 e. The molecule has 3 heteroatoms. The fourth-order valence-electron chi connectivity index (χ4n) is 4.68. The number of fused-ring (bicyclic) bond motifs is 1. The summed E-state index contributed by atoms with van der Waals surface area (Å²) in [5.41, 5.74) is 7.79. The molecule has 0 unspecified atom stereocenters. The number of benzene rings is 3. The molecule has 0 saturated heterocycles. The monoisotopic (exact) mass is 439 g/mol. The lowest BCUT2D eigenvalue weighted by atomic mass is 9.99. The Kier molecular flexibility index (Phi) is 6.09. The maximum absolute atomic E-state index is 6.10. The van der Waals surface area contributed by atoms with E-state index in [1.54, 1.807) is 11.3 Å². The predicted octanol–water partition coefficient (Wildman–Crippen LogP) is 7.85. The van der Waals surface area contributed by atoms with E-state index in [1.165, 1.54) is 52.0 Å². The molecule has 32 heavy (non-hydrogen) atoms. The molecule has 0 radical (unpaired) electrons. The molecule has 0 fully saturated rings. The number of hydrogen-bond donors (Lipinski definition) is 0. The molecule has 4 aromatic rings. The van der Waals surface area contributed by atoms with Crippen LogP contribution in [0.25, 0.3) is 21.7 Å². The van der Waals surface area contributed by atoms with Crippen molar-refractivity contribution in [3.05, 3.63) is 94.5 Å². The van der Waals surface area contributed by atoms with Gasteiger partial charge in [-0.1, -0.05) is 67.6 Å². The molecular formula is C29H29NOS. The summed E-state index contributed by atoms with van der Waals surface area (Å²) in [5.74, 6) is 1.72. The van der Waals surface area contributed by atoms with Crippen molar-refractivity contribution in [3.63, 3.8) is 0 Å². The highest BCUT2D eigenvalue weighted by Crippen LogP contribution is 2.37. The van der Waals surface area contributed by atoms with Crippen molar-refractivity contribution in [2.24, 2.45) is 0 Å². The topological polar surface area (TPSA) is 22.1 Å². The van der Waals surface area contributed by atoms with Gasteiger partial charge in [0.05, 0.1) is 12.3 Å². The minimum atomic E-state index is 0.660. The van der Waals surface area contributed by atoms with Gasteiger partial charge in [0.25, 0.3) is 0 Å². The summed E-state index contributed by atoms with van der Waals surface area (Å²) >= 11 is 1.77. The van der Waals surface area contributed by atoms with E-state index < -0.39 is 0 Å². The third kappa shape index (κ3) is 4.35. The number of hydrogen-bond acceptors (Lipinski definition) is 3. The van der Waals surface area contributed by atoms with Gasteiger partial charge >= 0.3 is 0 Å². The zero-order valence-corrected chi connectivity index (χ0v) is 19.6. The highest BCUT2D eigenvalue weighted by molar-refractivity contribution is 7.15. The van der Waals surface area contributed by atoms with Crippen LogP contribution < -0.4 is 4.74 Å². The molecule has 1 aromatic heterocycles. The molecule has 0 bridgehead atoms. The molecule has 2 nitrogen and oxygen atoms in total. The summed E-state index contributed by atoms with van der Waals surface area (Å²) < 4.78 is 6.10. The van der Waals surface area contributed by atoms with Crippen molar-refractivity contribution < 1.29 is 4.74 Å². The van der Waals surface area contributed by atoms with Crippen LogP contribution in [0.15, 0.2) is 72.8 Å². The van der Waals surface area contributed by atoms with E-state index in [9.17, 15) is 0 Å². The average molecular weight is 440 g/mol. The highest BCUT2D eigenvalue weighted by Gasteiger charge is 2.21. The van der Waals surface area contributed by atoms with Gasteiger partial charge in [-0.15, -0.1) is 11.3 Å². The molecule has 5 rings (SSSR count). The number of rotatable bonds is 7. The summed E-state index contributed by atoms with van der Waals surface area (Å²) in [6.07, 6.45) is 4.53. The quantitative estimate of drug-likeness (QED) is 0.292. The lowest BCUT2D eigenvalue weighted by Crippen LogP contribution is -2.03. The van der Waals surface area contributed by atoms with Gasteiger partial charge in [0.15, 0.2) is 0 Å². The van der Waals surface area contributed by atoms with Gasteiger partial charge in [0.1, 0.15) is 10.8 Å². The van der Waals surface area contributed by atoms with Crippen molar-refractivity contribution in [1.82, 2.24) is 4.98 Å². The molecular weight excluding hydrogens is 410 g/mol. The van der Waals surface area contributed by atoms with Crippen LogP contribution in [0.4, 0.5) is 0 Å². The molecule has 0 amide bonds. The average Bonchev–Trinajstić information content (AvgIpc) is 3.42. The van der Waals surface area contributed by atoms with Gasteiger partial charge in [-0.3, -0.25) is 0 Å². The summed E-state index contributed by atoms with van der Waals surface area (Å²) in [4.78, 5) is 6.20. The second kappa shape index (κ2) is 9.30. The first-order chi connectivity index (χ1) is 15.7. The molecule has 162 valence electrons. The first kappa shape index (κ1) is 21.0. The molecule has 0 spiro atoms. The standard InChI is InChI=1S/C29H29NOS/c1-3-21-9-14-25-19-26(15-16-27(21)25)31-18-17-28-20(2)32-29(30-28)24-12-10-23(11-13-24)22-7-5-4-6-8-22/h4-8,10-13,15-16,19,21H,3,9,14,17-18H2,1-2H3/t21-/m1/s1. The van der Waals surface area contributed by atoms with Gasteiger partial charge in [0.2, 0.25) is 0 Å². The normalized spacial score (nSPS) is 15.0. The minimum Gasteiger partial charge on any atom is -0.493 e. The van der Waals surface area contributed by atoms with Crippen LogP contribution >= 0.6 is 11.3 Å². The Hall–Kier alpha value is -2.91. The van der Waals surface area contributed by atoms with Crippen LogP contribution in [0.5, 0.6) is 5.75 Å². The molecule has 1 aliphatic rings. The van der Waals surface area contributed by atoms with Gasteiger partial charge in [-0.2, -0.15) is 0 Å². The Labute approximate surface area is 194 Å². The van der Waals surface area contributed by atoms with Crippen molar-refractivity contribution >= 4 is 11.3 Å². The lowest BCUT2D eigenvalue weighted by Gasteiger charge is -2.10. The van der Waals surface area contributed by atoms with E-state index in [2.05, 4.69) is 80.6 Å². The Morgan fingerprint density at radius 2 is 1.69 bits per heavy atom. The van der Waals surface area contributed by atoms with Crippen LogP contribution in [-0.2, 0) is 12.8 Å². The number of thiazole rings is 1. The van der Waals surface area contributed by atoms with Gasteiger partial charge < -0.3 is 4.74 Å². The fourth-order valence-corrected chi connectivity index (χ4v) is 5.65. The number of nitrogens with zero attached hydrogens (tertiary/aromatic N) is 1. The van der Waals surface area contributed by atoms with Crippen molar-refractivity contribution in [2.45, 2.75) is 45.4 Å². The van der Waals surface area contributed by atoms with Gasteiger partial charge in [-0.05, 0) is 66.5 Å². The SMILES string of the molecule is CC[C@@H]1CCc2cc(OCCc3nc(-c4ccc(-c5ccccc5)cc4)sc3C)ccc21. The minimum absolute atomic E-state index is 0.660. The Morgan fingerprint density at radius 3 is 2.47 bits per heavy atom. The fraction of sp³-hybridized carbons (Fsp3) is 0.276. The van der Waals surface area contributed by atoms with E-state index in [-0.39, 0.29) is 0 Å². The van der Waals surface area contributed by atoms with E-state index in [4.69, 9.17) is 9.72 Å². The van der Waals surface area contributed by atoms with Gasteiger partial charge in [-0.25, -0.2) is 4.98 Å². The number of aryl methyl sites for hydroxylation is 2. The summed E-state index contributed by atoms with van der Waals surface area (Å²) in [5, 5.41) is 1.08. The molecule has 0 saturated carbocycles. The number of ether oxygens (including phenoxy) is 1. The Morgan fingerprint density at radius 1 is 0.938 bits per heavy atom. The first-order valence-corrected chi connectivity index (χ1v) is 12.4. The van der Waals surface area contributed by atoms with E-state index >= 15 is 0 Å². The molecule has 0 N–H and O–H groups in total. The molecule has 1 heterocycles. The zero-order valence-electron chi connectivity index (χ0n) is 18.8. The highest BCUT2D eigenvalue weighted by atomic mass is 32.1. The van der Waals surface area contributed by atoms with Crippen molar-refractivity contribution in [1.29, 1.82) is 0 Å². The third-order valence-electron chi connectivity index (χ3n) is 6.55. The van der Waals surface area contributed by atoms with Crippen LogP contribution in [0, 0.1) is 6.92 Å². The van der Waals surface area contributed by atoms with E-state index in [1.807, 2.05) is 6.07 Å². The van der Waals surface area contributed by atoms with Crippen molar-refractivity contribution in [3.8, 4) is 27.4 Å². The van der Waals surface area contributed by atoms with Crippen LogP contribution in [0.1, 0.15) is 47.4 Å². The third-order valence-corrected chi connectivity index (χ3v) is 7.61. The smallest absolute Gasteiger partial charge is 0.123 e. The van der Waals surface area contributed by atoms with Crippen LogP contribution in [-0.4, -0.2) is 11.6 Å². The maximum atomic E-state index is 6.10. The summed E-state index contributed by atoms with van der Waals surface area (Å²) in [6.45, 7) is 5.11. The van der Waals surface area contributed by atoms with Crippen LogP contribution in [0.3, 0.4) is 0 Å². The summed E-state index contributed by atoms with van der Waals surface area (Å²) in [6, 6.07) is 25.9. The molecule has 1 atom stereocenters. The summed E-state index contributed by atoms with van der Waals surface area (Å²) in [7, 11) is 0. The molecule has 1 aliphatic carbocycles. The predicted molar refractivity (Wildman–Crippen MR) is 135 cm³/mol. The second-order valence-electron chi connectivity index (χ2n) is 8.57. The lowest BCUT2D eigenvalue weighted by molar-refractivity contribution is 0.320. The van der Waals surface area contributed by atoms with Crippen LogP contribution in [0.2, 0.25) is 0 Å². The number of aromatic nitrogens is 1. The Balaban J connectivity index is 1.23. The van der Waals surface area contributed by atoms with E-state index in [0.29, 0.717) is 6.61 Å². The Bertz CT molecular complexity index is 1190. The molecule has 0 aliphatic heterocycles. The first-order valence-electron chi connectivity index (χ1n) is 11.6. The van der Waals surface area contributed by atoms with Crippen molar-refractivity contribution in [2.75, 3.05) is 6.61 Å². The molecule has 3 aromatic carbocycles. The second-order valence-corrected chi connectivity index (χ2v) is 9.77. The zero-order chi connectivity index (χ0) is 21.9. The van der Waals surface area contributed by atoms with E-state index in [0.717, 1.165) is 28.8 Å². The maximum Gasteiger partial charge on any atom is 0.123 e. The van der Waals surface area contributed by atoms with Gasteiger partial charge in [0, 0.05) is 16.9 Å².